The highest BCUT2D eigenvalue weighted by Crippen LogP contribution is 2.35. The summed E-state index contributed by atoms with van der Waals surface area (Å²) in [5, 5.41) is 40.5. The summed E-state index contributed by atoms with van der Waals surface area (Å²) in [6.07, 6.45) is -9.48. The van der Waals surface area contributed by atoms with Crippen molar-refractivity contribution < 1.29 is 48.8 Å². The van der Waals surface area contributed by atoms with Gasteiger partial charge in [-0.05, 0) is 6.92 Å². The monoisotopic (exact) mass is 428 g/mol. The third-order valence-corrected chi connectivity index (χ3v) is 5.46. The Morgan fingerprint density at radius 2 is 1.80 bits per heavy atom. The first-order valence-corrected chi connectivity index (χ1v) is 10.0. The van der Waals surface area contributed by atoms with Crippen LogP contribution in [-0.4, -0.2) is 95.6 Å². The van der Waals surface area contributed by atoms with Crippen molar-refractivity contribution in [1.29, 1.82) is 0 Å². The molecular weight excluding hydrogens is 400 g/mol. The first-order valence-electron chi connectivity index (χ1n) is 10.0. The Labute approximate surface area is 173 Å². The molecule has 0 aliphatic carbocycles. The number of ether oxygens (including phenoxy) is 6. The summed E-state index contributed by atoms with van der Waals surface area (Å²) in [4.78, 5) is 0. The highest BCUT2D eigenvalue weighted by molar-refractivity contribution is 5.16. The second kappa shape index (κ2) is 9.53. The minimum absolute atomic E-state index is 0.100. The molecule has 4 rings (SSSR count). The number of aliphatic hydroxyl groups is 4. The minimum Gasteiger partial charge on any atom is -0.391 e. The first kappa shape index (κ1) is 22.0. The molecule has 4 N–H and O–H groups in total. The third-order valence-electron chi connectivity index (χ3n) is 5.46. The van der Waals surface area contributed by atoms with E-state index < -0.39 is 61.6 Å². The van der Waals surface area contributed by atoms with Gasteiger partial charge in [-0.15, -0.1) is 0 Å². The van der Waals surface area contributed by atoms with Crippen LogP contribution < -0.4 is 0 Å². The number of hydrogen-bond donors (Lipinski definition) is 4. The molecule has 10 heteroatoms. The molecule has 10 atom stereocenters. The highest BCUT2D eigenvalue weighted by Gasteiger charge is 2.51. The molecule has 30 heavy (non-hydrogen) atoms. The zero-order valence-corrected chi connectivity index (χ0v) is 16.5. The van der Waals surface area contributed by atoms with E-state index in [4.69, 9.17) is 33.5 Å². The zero-order valence-electron chi connectivity index (χ0n) is 16.5. The second-order valence-electron chi connectivity index (χ2n) is 7.66. The lowest BCUT2D eigenvalue weighted by Crippen LogP contribution is -2.63. The quantitative estimate of drug-likeness (QED) is 0.449. The number of benzene rings is 1. The van der Waals surface area contributed by atoms with Gasteiger partial charge in [0.25, 0.3) is 0 Å². The van der Waals surface area contributed by atoms with E-state index >= 15 is 0 Å². The van der Waals surface area contributed by atoms with Crippen LogP contribution in [0.3, 0.4) is 0 Å². The van der Waals surface area contributed by atoms with Crippen LogP contribution in [0.5, 0.6) is 0 Å². The van der Waals surface area contributed by atoms with Crippen molar-refractivity contribution in [3.63, 3.8) is 0 Å². The predicted octanol–water partition coefficient (Wildman–Crippen LogP) is -0.953. The normalized spacial score (nSPS) is 41.2. The number of rotatable bonds is 6. The summed E-state index contributed by atoms with van der Waals surface area (Å²) >= 11 is 0. The van der Waals surface area contributed by atoms with Crippen LogP contribution in [0, 0.1) is 0 Å². The maximum atomic E-state index is 10.7. The molecule has 3 saturated heterocycles. The number of fused-ring (bicyclic) bond motifs is 1. The molecule has 168 valence electrons. The zero-order chi connectivity index (χ0) is 21.3. The van der Waals surface area contributed by atoms with Gasteiger partial charge >= 0.3 is 0 Å². The topological polar surface area (TPSA) is 136 Å². The van der Waals surface area contributed by atoms with Gasteiger partial charge in [-0.25, -0.2) is 0 Å². The van der Waals surface area contributed by atoms with Gasteiger partial charge in [0.05, 0.1) is 25.9 Å². The van der Waals surface area contributed by atoms with Crippen molar-refractivity contribution in [2.75, 3.05) is 19.8 Å². The minimum atomic E-state index is -1.42. The van der Waals surface area contributed by atoms with Gasteiger partial charge in [-0.1, -0.05) is 30.3 Å². The summed E-state index contributed by atoms with van der Waals surface area (Å²) in [7, 11) is 0. The smallest absolute Gasteiger partial charge is 0.187 e. The van der Waals surface area contributed by atoms with Gasteiger partial charge in [0.2, 0.25) is 0 Å². The van der Waals surface area contributed by atoms with Gasteiger partial charge < -0.3 is 48.8 Å². The standard InChI is InChI=1S/C20H28O10/c1-10(22)17(12-8-25-14(7-21)27-12)29-20-16(24)15(23)18-13(28-20)9-26-19(30-18)11-5-3-2-4-6-11/h2-6,10,12-24H,7-9H2,1H3/t10?,12?,13-,14+,15?,16-,17-,18+,19?,20-/m0/s1. The van der Waals surface area contributed by atoms with E-state index in [1.165, 1.54) is 6.92 Å². The molecule has 3 aliphatic rings. The van der Waals surface area contributed by atoms with E-state index in [9.17, 15) is 15.3 Å². The molecule has 10 nitrogen and oxygen atoms in total. The number of hydrogen-bond acceptors (Lipinski definition) is 10. The Kier molecular flexibility index (Phi) is 7.00. The molecule has 0 amide bonds. The molecule has 4 unspecified atom stereocenters. The van der Waals surface area contributed by atoms with Crippen LogP contribution in [0.15, 0.2) is 30.3 Å². The molecule has 0 spiro atoms. The Morgan fingerprint density at radius 3 is 2.47 bits per heavy atom. The molecular formula is C20H28O10. The van der Waals surface area contributed by atoms with Crippen molar-refractivity contribution in [3.8, 4) is 0 Å². The van der Waals surface area contributed by atoms with Crippen molar-refractivity contribution in [3.05, 3.63) is 35.9 Å². The van der Waals surface area contributed by atoms with Crippen LogP contribution in [0.2, 0.25) is 0 Å². The summed E-state index contributed by atoms with van der Waals surface area (Å²) in [5.41, 5.74) is 0.794. The Hall–Kier alpha value is -1.18. The summed E-state index contributed by atoms with van der Waals surface area (Å²) in [6.45, 7) is 1.41. The van der Waals surface area contributed by atoms with Crippen molar-refractivity contribution in [2.24, 2.45) is 0 Å². The lowest BCUT2D eigenvalue weighted by atomic mass is 9.97. The molecule has 0 radical (unpaired) electrons. The van der Waals surface area contributed by atoms with Crippen molar-refractivity contribution >= 4 is 0 Å². The van der Waals surface area contributed by atoms with Crippen molar-refractivity contribution in [1.82, 2.24) is 0 Å². The third kappa shape index (κ3) is 4.53. The van der Waals surface area contributed by atoms with Crippen LogP contribution in [0.1, 0.15) is 18.8 Å². The van der Waals surface area contributed by atoms with Gasteiger partial charge in [0, 0.05) is 5.56 Å². The highest BCUT2D eigenvalue weighted by atomic mass is 16.8. The molecule has 3 fully saturated rings. The molecule has 0 saturated carbocycles. The molecule has 0 bridgehead atoms. The van der Waals surface area contributed by atoms with Gasteiger partial charge in [0.15, 0.2) is 18.9 Å². The average molecular weight is 428 g/mol. The largest absolute Gasteiger partial charge is 0.391 e. The summed E-state index contributed by atoms with van der Waals surface area (Å²) < 4.78 is 34.0. The predicted molar refractivity (Wildman–Crippen MR) is 98.9 cm³/mol. The van der Waals surface area contributed by atoms with E-state index in [1.807, 2.05) is 30.3 Å². The van der Waals surface area contributed by atoms with E-state index in [0.29, 0.717) is 0 Å². The molecule has 3 heterocycles. The lowest BCUT2D eigenvalue weighted by molar-refractivity contribution is -0.371. The van der Waals surface area contributed by atoms with Gasteiger partial charge in [-0.3, -0.25) is 0 Å². The van der Waals surface area contributed by atoms with Crippen molar-refractivity contribution in [2.45, 2.75) is 68.5 Å². The van der Waals surface area contributed by atoms with E-state index in [-0.39, 0.29) is 19.8 Å². The van der Waals surface area contributed by atoms with Crippen LogP contribution in [-0.2, 0) is 28.4 Å². The second-order valence-corrected chi connectivity index (χ2v) is 7.66. The molecule has 0 aromatic heterocycles. The average Bonchev–Trinajstić information content (AvgIpc) is 3.24. The fourth-order valence-electron chi connectivity index (χ4n) is 3.88. The van der Waals surface area contributed by atoms with Crippen LogP contribution in [0.4, 0.5) is 0 Å². The van der Waals surface area contributed by atoms with Gasteiger partial charge in [-0.2, -0.15) is 0 Å². The Bertz CT molecular complexity index is 671. The Morgan fingerprint density at radius 1 is 1.03 bits per heavy atom. The SMILES string of the molecule is CC(O)[C@H](O[C@@H]1O[C@H]2COC(c3ccccc3)O[C@H]2C(O)[C@@H]1O)C1CO[C@@H](CO)O1. The Balaban J connectivity index is 1.41. The first-order chi connectivity index (χ1) is 14.5. The maximum absolute atomic E-state index is 10.7. The molecule has 1 aromatic carbocycles. The van der Waals surface area contributed by atoms with E-state index in [1.54, 1.807) is 0 Å². The van der Waals surface area contributed by atoms with Crippen LogP contribution in [0.25, 0.3) is 0 Å². The number of aliphatic hydroxyl groups excluding tert-OH is 4. The van der Waals surface area contributed by atoms with E-state index in [2.05, 4.69) is 0 Å². The fraction of sp³-hybridized carbons (Fsp3) is 0.700. The fourth-order valence-corrected chi connectivity index (χ4v) is 3.88. The summed E-state index contributed by atoms with van der Waals surface area (Å²) in [6, 6.07) is 9.28. The lowest BCUT2D eigenvalue weighted by Gasteiger charge is -2.47. The molecule has 3 aliphatic heterocycles. The van der Waals surface area contributed by atoms with E-state index in [0.717, 1.165) is 5.56 Å². The molecule has 1 aromatic rings. The van der Waals surface area contributed by atoms with Crippen LogP contribution >= 0.6 is 0 Å². The maximum Gasteiger partial charge on any atom is 0.187 e. The summed E-state index contributed by atoms with van der Waals surface area (Å²) in [5.74, 6) is 0. The van der Waals surface area contributed by atoms with Gasteiger partial charge in [0.1, 0.15) is 36.6 Å².